The fraction of sp³-hybridized carbons (Fsp3) is 0.392. The Morgan fingerprint density at radius 1 is 0.430 bits per heavy atom. The number of hydrogen-bond acceptors (Lipinski definition) is 7. The van der Waals surface area contributed by atoms with Crippen LogP contribution in [-0.2, 0) is 0 Å². The van der Waals surface area contributed by atoms with Crippen LogP contribution in [0.25, 0.3) is 71.5 Å². The van der Waals surface area contributed by atoms with Crippen LogP contribution in [0.4, 0.5) is 0 Å². The predicted molar refractivity (Wildman–Crippen MR) is 481 cm³/mol. The number of benzene rings is 8. The van der Waals surface area contributed by atoms with Gasteiger partial charge in [0.25, 0.3) is 0 Å². The monoisotopic (exact) mass is 1510 g/mol. The first kappa shape index (κ1) is 83.1. The van der Waals surface area contributed by atoms with Gasteiger partial charge in [-0.3, -0.25) is 15.0 Å². The molecule has 0 aliphatic heterocycles. The van der Waals surface area contributed by atoms with Crippen molar-refractivity contribution in [1.29, 1.82) is 5.26 Å². The zero-order valence-corrected chi connectivity index (χ0v) is 71.7. The summed E-state index contributed by atoms with van der Waals surface area (Å²) < 4.78 is 19.7. The summed E-state index contributed by atoms with van der Waals surface area (Å²) in [6.45, 7) is 56.2. The second-order valence-corrected chi connectivity index (χ2v) is 38.2. The number of aromatic nitrogens is 6. The summed E-state index contributed by atoms with van der Waals surface area (Å²) in [6, 6.07) is 71.2. The van der Waals surface area contributed by atoms with E-state index >= 15 is 0 Å². The van der Waals surface area contributed by atoms with Gasteiger partial charge in [-0.15, -0.1) is 0 Å². The van der Waals surface area contributed by atoms with Crippen molar-refractivity contribution in [2.45, 2.75) is 190 Å². The van der Waals surface area contributed by atoms with E-state index in [2.05, 4.69) is 348 Å². The van der Waals surface area contributed by atoms with Crippen molar-refractivity contribution in [3.63, 3.8) is 0 Å². The molecule has 0 amide bonds. The molecule has 586 valence electrons. The van der Waals surface area contributed by atoms with Gasteiger partial charge in [0.05, 0.1) is 59.1 Å². The van der Waals surface area contributed by atoms with Crippen molar-refractivity contribution in [2.24, 2.45) is 57.2 Å². The first-order valence-electron chi connectivity index (χ1n) is 41.7. The van der Waals surface area contributed by atoms with Gasteiger partial charge in [0.1, 0.15) is 28.8 Å². The molecular weight excluding hydrogens is 1390 g/mol. The van der Waals surface area contributed by atoms with Gasteiger partial charge in [-0.05, 0) is 194 Å². The average molecular weight is 1510 g/mol. The second kappa shape index (κ2) is 35.2. The molecule has 0 aliphatic carbocycles. The van der Waals surface area contributed by atoms with E-state index in [1.54, 1.807) is 12.4 Å². The van der Waals surface area contributed by atoms with E-state index in [-0.39, 0.29) is 39.2 Å². The molecule has 12 rings (SSSR count). The highest BCUT2D eigenvalue weighted by Gasteiger charge is 2.39. The van der Waals surface area contributed by atoms with E-state index in [9.17, 15) is 11.8 Å². The standard InChI is InChI=1S/C102H120B2N8O2/c1-67(58-99(9,10)11)48-50-77(73(7)60-101(15,16)17)65-113-83-46-34-36-75(56-83)95-92-93(98(94(106-21)91-64-108-87-53-70(4)72(6)55-89(87)110-91)112(95)104(81-42-30-24-31-43-81)82-44-32-25-33-45-82)96(76-37-35-47-84(57-76)114-66-78(74(8)61-102(18,19)20)51-49-68(2)59-100(12,13)14)111(103(79-38-26-22-27-39-79)80-40-28-23-29-41-80)97(92)85(62-105)90-63-107-86-52-69(3)71(5)54-88(86)109-90/h22-47,52-57,63-64,67-68,73-74,77-78H,48-51,58-61,65-66H2,1-20H3/b97-85-,98-94+. The Morgan fingerprint density at radius 3 is 1.13 bits per heavy atom. The van der Waals surface area contributed by atoms with E-state index in [0.717, 1.165) is 140 Å². The number of fused-ring (bicyclic) bond motifs is 3. The number of hydrogen-bond donors (Lipinski definition) is 0. The van der Waals surface area contributed by atoms with Crippen LogP contribution in [0.2, 0.25) is 0 Å². The van der Waals surface area contributed by atoms with Crippen molar-refractivity contribution >= 4 is 79.7 Å². The highest BCUT2D eigenvalue weighted by molar-refractivity contribution is 6.85. The third-order valence-corrected chi connectivity index (χ3v) is 23.2. The SMILES string of the molecule is [C-]#[N+]/C(c1cnc2cc(C)c(C)cc2n1)=c1\c2c(-c3cccc(OCC(CCC(C)CC(C)(C)C)C(C)CC(C)(C)C)c3)n(B(c3ccccc3)c3ccccc3)/c(=C(/C#N)c3cnc4cc(C)c(C)cc4n3)c2c(-c2cccc(OCC(CCC(C)CC(C)(C)C)C(C)CC(C)(C)C)c2)n1B(c1ccccc1)c1ccccc1. The van der Waals surface area contributed by atoms with Gasteiger partial charge in [-0.1, -0.05) is 291 Å². The fourth-order valence-electron chi connectivity index (χ4n) is 18.2. The molecule has 0 spiro atoms. The molecular formula is C102H120B2N8O2. The molecule has 10 nitrogen and oxygen atoms in total. The summed E-state index contributed by atoms with van der Waals surface area (Å²) in [5, 5.41) is 15.6. The summed E-state index contributed by atoms with van der Waals surface area (Å²) in [4.78, 5) is 26.5. The van der Waals surface area contributed by atoms with Crippen LogP contribution in [0, 0.1) is 103 Å². The molecule has 0 fully saturated rings. The van der Waals surface area contributed by atoms with Crippen molar-refractivity contribution < 1.29 is 9.47 Å². The minimum Gasteiger partial charge on any atom is -0.493 e. The minimum absolute atomic E-state index is 0.115. The Kier molecular flexibility index (Phi) is 25.7. The maximum atomic E-state index is 13.0. The molecule has 0 aliphatic rings. The largest absolute Gasteiger partial charge is 0.493 e. The second-order valence-electron chi connectivity index (χ2n) is 38.2. The molecule has 12 aromatic rings. The lowest BCUT2D eigenvalue weighted by Crippen LogP contribution is -2.54. The Bertz CT molecular complexity index is 5150. The van der Waals surface area contributed by atoms with Gasteiger partial charge in [0.15, 0.2) is 0 Å². The molecule has 114 heavy (non-hydrogen) atoms. The molecule has 0 bridgehead atoms. The van der Waals surface area contributed by atoms with Gasteiger partial charge < -0.3 is 18.4 Å². The Labute approximate surface area is 681 Å². The maximum Gasteiger partial charge on any atom is 0.328 e. The van der Waals surface area contributed by atoms with Gasteiger partial charge in [-0.2, -0.15) is 5.26 Å². The lowest BCUT2D eigenvalue weighted by molar-refractivity contribution is 0.147. The molecule has 4 aromatic heterocycles. The quantitative estimate of drug-likeness (QED) is 0.0355. The van der Waals surface area contributed by atoms with E-state index in [0.29, 0.717) is 87.1 Å². The van der Waals surface area contributed by atoms with Crippen molar-refractivity contribution in [1.82, 2.24) is 28.9 Å². The van der Waals surface area contributed by atoms with E-state index in [1.807, 2.05) is 0 Å². The number of nitriles is 1. The van der Waals surface area contributed by atoms with Gasteiger partial charge in [0, 0.05) is 44.8 Å². The Hall–Kier alpha value is -10.3. The zero-order valence-electron chi connectivity index (χ0n) is 71.7. The third kappa shape index (κ3) is 19.9. The highest BCUT2D eigenvalue weighted by Crippen LogP contribution is 2.42. The summed E-state index contributed by atoms with van der Waals surface area (Å²) in [6.07, 6.45) is 12.3. The molecule has 0 radical (unpaired) electrons. The predicted octanol–water partition coefficient (Wildman–Crippen LogP) is 21.8. The number of ether oxygens (including phenoxy) is 2. The average Bonchev–Trinajstić information content (AvgIpc) is 1.52. The van der Waals surface area contributed by atoms with Crippen LogP contribution in [0.5, 0.6) is 11.5 Å². The fourth-order valence-corrected chi connectivity index (χ4v) is 18.2. The van der Waals surface area contributed by atoms with Gasteiger partial charge in [0.2, 0.25) is 5.70 Å². The van der Waals surface area contributed by atoms with Crippen LogP contribution in [-0.4, -0.2) is 55.8 Å². The smallest absolute Gasteiger partial charge is 0.328 e. The molecule has 8 aromatic carbocycles. The van der Waals surface area contributed by atoms with Crippen LogP contribution >= 0.6 is 0 Å². The van der Waals surface area contributed by atoms with E-state index in [4.69, 9.17) is 34.3 Å². The lowest BCUT2D eigenvalue weighted by atomic mass is 9.50. The molecule has 6 atom stereocenters. The zero-order chi connectivity index (χ0) is 81.6. The van der Waals surface area contributed by atoms with Crippen LogP contribution < -0.4 is 42.0 Å². The number of rotatable bonds is 28. The molecule has 6 unspecified atom stereocenters. The Balaban J connectivity index is 1.30. The first-order valence-corrected chi connectivity index (χ1v) is 41.7. The summed E-state index contributed by atoms with van der Waals surface area (Å²) in [5.74, 6) is 3.82. The highest BCUT2D eigenvalue weighted by atomic mass is 16.5. The summed E-state index contributed by atoms with van der Waals surface area (Å²) in [5.41, 5.74) is 16.2. The molecule has 0 saturated carbocycles. The van der Waals surface area contributed by atoms with E-state index in [1.165, 1.54) is 0 Å². The topological polar surface area (TPSA) is 108 Å². The molecule has 4 heterocycles. The number of nitrogens with zero attached hydrogens (tertiary/aromatic N) is 8. The van der Waals surface area contributed by atoms with Gasteiger partial charge >= 0.3 is 13.7 Å². The summed E-state index contributed by atoms with van der Waals surface area (Å²) >= 11 is 0. The van der Waals surface area contributed by atoms with Crippen LogP contribution in [0.1, 0.15) is 196 Å². The Morgan fingerprint density at radius 2 is 0.772 bits per heavy atom. The van der Waals surface area contributed by atoms with E-state index < -0.39 is 13.7 Å². The minimum atomic E-state index is -0.627. The van der Waals surface area contributed by atoms with Crippen molar-refractivity contribution in [3.05, 3.63) is 262 Å². The third-order valence-electron chi connectivity index (χ3n) is 23.2. The van der Waals surface area contributed by atoms with Crippen molar-refractivity contribution in [2.75, 3.05) is 13.2 Å². The number of aryl methyl sites for hydroxylation is 4. The molecule has 0 saturated heterocycles. The van der Waals surface area contributed by atoms with Crippen molar-refractivity contribution in [3.8, 4) is 40.1 Å². The molecule has 12 heteroatoms. The maximum absolute atomic E-state index is 13.0. The normalized spacial score (nSPS) is 14.4. The van der Waals surface area contributed by atoms with Gasteiger partial charge in [-0.25, -0.2) is 9.83 Å². The molecule has 0 N–H and O–H groups in total. The van der Waals surface area contributed by atoms with Crippen LogP contribution in [0.15, 0.2) is 207 Å². The van der Waals surface area contributed by atoms with Crippen LogP contribution in [0.3, 0.4) is 0 Å². The summed E-state index contributed by atoms with van der Waals surface area (Å²) in [7, 11) is 0. The lowest BCUT2D eigenvalue weighted by Gasteiger charge is -2.31. The first-order chi connectivity index (χ1) is 54.2.